The minimum atomic E-state index is -0.332. The summed E-state index contributed by atoms with van der Waals surface area (Å²) < 4.78 is 27.0. The van der Waals surface area contributed by atoms with Crippen molar-refractivity contribution in [2.45, 2.75) is 37.6 Å². The lowest BCUT2D eigenvalue weighted by Gasteiger charge is -2.41. The molecule has 0 spiro atoms. The predicted molar refractivity (Wildman–Crippen MR) is 144 cm³/mol. The Labute approximate surface area is 233 Å². The first-order chi connectivity index (χ1) is 19.0. The number of hydrogen-bond donors (Lipinski definition) is 4. The number of anilines is 2. The van der Waals surface area contributed by atoms with Gasteiger partial charge in [-0.2, -0.15) is 9.97 Å². The molecule has 39 heavy (non-hydrogen) atoms. The fourth-order valence-electron chi connectivity index (χ4n) is 4.01. The highest BCUT2D eigenvalue weighted by Crippen LogP contribution is 2.30. The summed E-state index contributed by atoms with van der Waals surface area (Å²) in [5.41, 5.74) is 0.483. The van der Waals surface area contributed by atoms with Gasteiger partial charge in [0.2, 0.25) is 11.2 Å². The summed E-state index contributed by atoms with van der Waals surface area (Å²) in [5.74, 6) is 3.19. The molecule has 2 atom stereocenters. The Morgan fingerprint density at radius 2 is 1.79 bits per heavy atom. The van der Waals surface area contributed by atoms with E-state index in [9.17, 15) is 9.90 Å². The quantitative estimate of drug-likeness (QED) is 0.0793. The number of halogens is 1. The summed E-state index contributed by atoms with van der Waals surface area (Å²) in [6.45, 7) is 4.21. The first kappa shape index (κ1) is 31.0. The van der Waals surface area contributed by atoms with Crippen molar-refractivity contribution >= 4 is 35.4 Å². The number of nitrogens with one attached hydrogen (secondary N) is 3. The zero-order valence-corrected chi connectivity index (χ0v) is 22.7. The Morgan fingerprint density at radius 3 is 2.41 bits per heavy atom. The van der Waals surface area contributed by atoms with E-state index in [4.69, 9.17) is 47.1 Å². The van der Waals surface area contributed by atoms with Crippen LogP contribution in [0.1, 0.15) is 24.8 Å². The molecule has 0 bridgehead atoms. The van der Waals surface area contributed by atoms with Crippen molar-refractivity contribution in [3.63, 3.8) is 0 Å². The van der Waals surface area contributed by atoms with E-state index in [2.05, 4.69) is 26.5 Å². The molecule has 13 nitrogen and oxygen atoms in total. The van der Waals surface area contributed by atoms with Crippen LogP contribution in [0.5, 0.6) is 0 Å². The molecule has 2 fully saturated rings. The number of aromatic nitrogens is 2. The van der Waals surface area contributed by atoms with E-state index in [1.807, 2.05) is 4.90 Å². The van der Waals surface area contributed by atoms with Gasteiger partial charge in [0.1, 0.15) is 24.5 Å². The molecule has 1 aromatic heterocycles. The van der Waals surface area contributed by atoms with Gasteiger partial charge in [0.15, 0.2) is 0 Å². The highest BCUT2D eigenvalue weighted by Gasteiger charge is 2.32. The van der Waals surface area contributed by atoms with Crippen molar-refractivity contribution in [3.05, 3.63) is 10.8 Å². The summed E-state index contributed by atoms with van der Waals surface area (Å²) in [4.78, 5) is 22.7. The molecule has 2 aliphatic heterocycles. The number of ether oxygens (including phenoxy) is 5. The van der Waals surface area contributed by atoms with Crippen LogP contribution in [0.15, 0.2) is 0 Å². The van der Waals surface area contributed by atoms with Crippen LogP contribution in [-0.2, 0) is 28.5 Å². The van der Waals surface area contributed by atoms with Crippen LogP contribution in [-0.4, -0.2) is 118 Å². The number of nitrogens with zero attached hydrogens (tertiary/aromatic N) is 3. The van der Waals surface area contributed by atoms with Crippen LogP contribution in [0.4, 0.5) is 11.6 Å². The molecule has 3 heterocycles. The number of carbonyl (C=O) groups is 1. The van der Waals surface area contributed by atoms with E-state index < -0.39 is 0 Å². The zero-order chi connectivity index (χ0) is 27.9. The second kappa shape index (κ2) is 17.2. The minimum absolute atomic E-state index is 0.0432. The Hall–Kier alpha value is -2.57. The third-order valence-electron chi connectivity index (χ3n) is 5.97. The number of aliphatic hydroxyl groups excluding tert-OH is 1. The van der Waals surface area contributed by atoms with Crippen LogP contribution < -0.4 is 15.5 Å². The first-order valence-corrected chi connectivity index (χ1v) is 13.3. The standard InChI is InChI=1S/C25H37ClN6O7/c1-2-6-35-8-10-37-12-13-38-11-9-36-7-5-21(34)28-18-15-32(16-18)24-20(14-27)23(30-25(26)31-24)29-22-4-3-19(17-33)39-22/h1,14,18-19,22,27,33H,3-13,15-17H2,(H,28,34)(H,29,30,31). The van der Waals surface area contributed by atoms with E-state index in [-0.39, 0.29) is 49.2 Å². The average Bonchev–Trinajstić information content (AvgIpc) is 3.36. The number of rotatable bonds is 19. The van der Waals surface area contributed by atoms with Crippen LogP contribution >= 0.6 is 11.6 Å². The average molecular weight is 569 g/mol. The molecular formula is C25H37ClN6O7. The first-order valence-electron chi connectivity index (χ1n) is 12.9. The Morgan fingerprint density at radius 1 is 1.13 bits per heavy atom. The molecule has 216 valence electrons. The van der Waals surface area contributed by atoms with Gasteiger partial charge in [0.05, 0.1) is 70.6 Å². The summed E-state index contributed by atoms with van der Waals surface area (Å²) in [7, 11) is 0. The van der Waals surface area contributed by atoms with Gasteiger partial charge in [-0.25, -0.2) is 0 Å². The Balaban J connectivity index is 1.28. The molecule has 3 rings (SSSR count). The maximum absolute atomic E-state index is 12.3. The lowest BCUT2D eigenvalue weighted by molar-refractivity contribution is -0.123. The van der Waals surface area contributed by atoms with Gasteiger partial charge in [0.25, 0.3) is 0 Å². The van der Waals surface area contributed by atoms with Crippen molar-refractivity contribution < 1.29 is 33.6 Å². The van der Waals surface area contributed by atoms with Gasteiger partial charge in [-0.3, -0.25) is 4.79 Å². The van der Waals surface area contributed by atoms with Crippen molar-refractivity contribution in [3.8, 4) is 12.3 Å². The molecule has 2 aliphatic rings. The van der Waals surface area contributed by atoms with Gasteiger partial charge in [-0.15, -0.1) is 6.42 Å². The van der Waals surface area contributed by atoms with E-state index in [0.717, 1.165) is 6.42 Å². The van der Waals surface area contributed by atoms with E-state index >= 15 is 0 Å². The highest BCUT2D eigenvalue weighted by atomic mass is 35.5. The van der Waals surface area contributed by atoms with E-state index in [1.54, 1.807) is 0 Å². The van der Waals surface area contributed by atoms with Crippen molar-refractivity contribution in [1.29, 1.82) is 5.41 Å². The number of hydrogen-bond acceptors (Lipinski definition) is 12. The molecule has 1 amide bonds. The Bertz CT molecular complexity index is 960. The molecule has 0 aromatic carbocycles. The van der Waals surface area contributed by atoms with Crippen molar-refractivity contribution in [1.82, 2.24) is 15.3 Å². The lowest BCUT2D eigenvalue weighted by Crippen LogP contribution is -2.60. The second-order valence-corrected chi connectivity index (χ2v) is 9.23. The molecule has 1 aromatic rings. The molecule has 2 unspecified atom stereocenters. The van der Waals surface area contributed by atoms with Crippen LogP contribution in [0.3, 0.4) is 0 Å². The number of carbonyl (C=O) groups excluding carboxylic acids is 1. The molecule has 0 aliphatic carbocycles. The summed E-state index contributed by atoms with van der Waals surface area (Å²) in [5, 5.41) is 23.3. The number of amides is 1. The lowest BCUT2D eigenvalue weighted by atomic mass is 10.1. The van der Waals surface area contributed by atoms with Crippen molar-refractivity contribution in [2.24, 2.45) is 0 Å². The largest absolute Gasteiger partial charge is 0.394 e. The third kappa shape index (κ3) is 10.5. The molecule has 0 radical (unpaired) electrons. The monoisotopic (exact) mass is 568 g/mol. The highest BCUT2D eigenvalue weighted by molar-refractivity contribution is 6.28. The second-order valence-electron chi connectivity index (χ2n) is 8.89. The fraction of sp³-hybridized carbons (Fsp3) is 0.680. The van der Waals surface area contributed by atoms with Gasteiger partial charge >= 0.3 is 0 Å². The fourth-order valence-corrected chi connectivity index (χ4v) is 4.18. The van der Waals surface area contributed by atoms with Gasteiger partial charge in [-0.1, -0.05) is 5.92 Å². The molecule has 14 heteroatoms. The maximum atomic E-state index is 12.3. The summed E-state index contributed by atoms with van der Waals surface area (Å²) in [6, 6.07) is -0.0509. The molecule has 2 saturated heterocycles. The predicted octanol–water partition coefficient (Wildman–Crippen LogP) is 0.431. The van der Waals surface area contributed by atoms with Gasteiger partial charge < -0.3 is 49.7 Å². The SMILES string of the molecule is C#CCOCCOCCOCCOCCC(=O)NC1CN(c2nc(Cl)nc(NC3CCC(CO)O3)c2C=N)C1. The normalized spacial score (nSPS) is 18.9. The van der Waals surface area contributed by atoms with Crippen LogP contribution in [0.25, 0.3) is 0 Å². The zero-order valence-electron chi connectivity index (χ0n) is 21.9. The van der Waals surface area contributed by atoms with E-state index in [1.165, 1.54) is 6.21 Å². The minimum Gasteiger partial charge on any atom is -0.394 e. The van der Waals surface area contributed by atoms with E-state index in [0.29, 0.717) is 83.0 Å². The molecule has 4 N–H and O–H groups in total. The van der Waals surface area contributed by atoms with Gasteiger partial charge in [-0.05, 0) is 24.4 Å². The van der Waals surface area contributed by atoms with Crippen LogP contribution in [0.2, 0.25) is 5.28 Å². The molecular weight excluding hydrogens is 532 g/mol. The summed E-state index contributed by atoms with van der Waals surface area (Å²) >= 11 is 6.16. The summed E-state index contributed by atoms with van der Waals surface area (Å²) in [6.07, 6.45) is 7.37. The van der Waals surface area contributed by atoms with Crippen molar-refractivity contribution in [2.75, 3.05) is 82.8 Å². The smallest absolute Gasteiger partial charge is 0.226 e. The maximum Gasteiger partial charge on any atom is 0.226 e. The number of aliphatic hydroxyl groups is 1. The molecule has 0 saturated carbocycles. The van der Waals surface area contributed by atoms with Gasteiger partial charge in [0, 0.05) is 25.7 Å². The van der Waals surface area contributed by atoms with Crippen LogP contribution in [0, 0.1) is 17.8 Å². The Kier molecular flexibility index (Phi) is 13.6. The third-order valence-corrected chi connectivity index (χ3v) is 6.14. The topological polar surface area (TPSA) is 160 Å². The number of terminal acetylenes is 1.